The van der Waals surface area contributed by atoms with Crippen LogP contribution in [-0.2, 0) is 9.47 Å². The molecule has 0 aliphatic rings. The first kappa shape index (κ1) is 20.6. The van der Waals surface area contributed by atoms with Crippen LogP contribution in [0.25, 0.3) is 0 Å². The molecular formula is C20H20O8. The fraction of sp³-hybridized carbons (Fsp3) is 0.200. The first-order valence-electron chi connectivity index (χ1n) is 8.19. The lowest BCUT2D eigenvalue weighted by Crippen LogP contribution is -2.07. The van der Waals surface area contributed by atoms with Gasteiger partial charge >= 0.3 is 11.9 Å². The number of hydrogen-bond donors (Lipinski definition) is 2. The standard InChI is InChI=1S/C20H20O8/c1-25-17-11-13(5-7-15(17)21)19(23)27-9-3-4-10-28-20(24)14-6-8-16(22)18(12-14)26-2/h3-8,11-12,21-22H,9-10H2,1-2H3/b4-3+. The number of carbonyl (C=O) groups excluding carboxylic acids is 2. The summed E-state index contributed by atoms with van der Waals surface area (Å²) in [6.07, 6.45) is 3.06. The Morgan fingerprint density at radius 2 is 1.18 bits per heavy atom. The predicted octanol–water partition coefficient (Wildman–Crippen LogP) is 2.69. The van der Waals surface area contributed by atoms with Crippen molar-refractivity contribution in [2.75, 3.05) is 27.4 Å². The van der Waals surface area contributed by atoms with Crippen molar-refractivity contribution in [3.05, 3.63) is 59.7 Å². The van der Waals surface area contributed by atoms with Crippen LogP contribution in [0.15, 0.2) is 48.6 Å². The lowest BCUT2D eigenvalue weighted by molar-refractivity contribution is 0.0527. The third-order valence-electron chi connectivity index (χ3n) is 3.62. The number of aromatic hydroxyl groups is 2. The lowest BCUT2D eigenvalue weighted by atomic mass is 10.2. The molecule has 8 nitrogen and oxygen atoms in total. The Bertz CT molecular complexity index is 801. The van der Waals surface area contributed by atoms with Crippen molar-refractivity contribution < 1.29 is 38.7 Å². The molecule has 2 aromatic carbocycles. The van der Waals surface area contributed by atoms with E-state index in [2.05, 4.69) is 0 Å². The van der Waals surface area contributed by atoms with Gasteiger partial charge in [-0.05, 0) is 48.6 Å². The molecule has 2 aromatic rings. The number of hydrogen-bond acceptors (Lipinski definition) is 8. The van der Waals surface area contributed by atoms with E-state index in [1.165, 1.54) is 62.8 Å². The van der Waals surface area contributed by atoms with E-state index >= 15 is 0 Å². The van der Waals surface area contributed by atoms with Crippen LogP contribution in [-0.4, -0.2) is 49.6 Å². The Labute approximate surface area is 161 Å². The molecule has 0 amide bonds. The van der Waals surface area contributed by atoms with Gasteiger partial charge in [-0.15, -0.1) is 0 Å². The van der Waals surface area contributed by atoms with E-state index in [-0.39, 0.29) is 47.3 Å². The number of phenolic OH excluding ortho intramolecular Hbond substituents is 2. The van der Waals surface area contributed by atoms with Gasteiger partial charge in [0.05, 0.1) is 25.3 Å². The molecule has 148 valence electrons. The number of methoxy groups -OCH3 is 2. The summed E-state index contributed by atoms with van der Waals surface area (Å²) < 4.78 is 20.0. The maximum absolute atomic E-state index is 11.9. The molecule has 0 fully saturated rings. The highest BCUT2D eigenvalue weighted by Gasteiger charge is 2.11. The molecule has 0 spiro atoms. The van der Waals surface area contributed by atoms with Crippen LogP contribution < -0.4 is 9.47 Å². The maximum atomic E-state index is 11.9. The van der Waals surface area contributed by atoms with E-state index in [0.717, 1.165) is 0 Å². The molecule has 8 heteroatoms. The SMILES string of the molecule is COc1cc(C(=O)OC/C=C/COC(=O)c2ccc(O)c(OC)c2)ccc1O. The number of ether oxygens (including phenoxy) is 4. The lowest BCUT2D eigenvalue weighted by Gasteiger charge is -2.07. The average Bonchev–Trinajstić information content (AvgIpc) is 2.70. The molecule has 28 heavy (non-hydrogen) atoms. The number of carbonyl (C=O) groups is 2. The van der Waals surface area contributed by atoms with Crippen molar-refractivity contribution >= 4 is 11.9 Å². The van der Waals surface area contributed by atoms with Crippen LogP contribution in [0.1, 0.15) is 20.7 Å². The summed E-state index contributed by atoms with van der Waals surface area (Å²) in [5.74, 6) is -0.989. The molecule has 0 atom stereocenters. The van der Waals surface area contributed by atoms with Crippen LogP contribution in [0.5, 0.6) is 23.0 Å². The monoisotopic (exact) mass is 388 g/mol. The normalized spacial score (nSPS) is 10.5. The number of benzene rings is 2. The average molecular weight is 388 g/mol. The van der Waals surface area contributed by atoms with Crippen LogP contribution in [0.2, 0.25) is 0 Å². The summed E-state index contributed by atoms with van der Waals surface area (Å²) in [7, 11) is 2.75. The molecule has 2 N–H and O–H groups in total. The second kappa shape index (κ2) is 9.86. The second-order valence-corrected chi connectivity index (χ2v) is 5.44. The van der Waals surface area contributed by atoms with Gasteiger partial charge in [-0.25, -0.2) is 9.59 Å². The van der Waals surface area contributed by atoms with Crippen molar-refractivity contribution in [3.8, 4) is 23.0 Å². The summed E-state index contributed by atoms with van der Waals surface area (Å²) in [5, 5.41) is 19.0. The van der Waals surface area contributed by atoms with Crippen molar-refractivity contribution in [2.45, 2.75) is 0 Å². The van der Waals surface area contributed by atoms with Gasteiger partial charge in [-0.2, -0.15) is 0 Å². The molecule has 0 heterocycles. The molecular weight excluding hydrogens is 368 g/mol. The van der Waals surface area contributed by atoms with E-state index in [1.54, 1.807) is 0 Å². The van der Waals surface area contributed by atoms with E-state index in [4.69, 9.17) is 18.9 Å². The van der Waals surface area contributed by atoms with Gasteiger partial charge in [0.2, 0.25) is 0 Å². The Kier molecular flexibility index (Phi) is 7.27. The molecule has 0 saturated heterocycles. The fourth-order valence-corrected chi connectivity index (χ4v) is 2.16. The quantitative estimate of drug-likeness (QED) is 0.524. The highest BCUT2D eigenvalue weighted by atomic mass is 16.5. The van der Waals surface area contributed by atoms with Gasteiger partial charge in [0.15, 0.2) is 23.0 Å². The van der Waals surface area contributed by atoms with E-state index < -0.39 is 11.9 Å². The Morgan fingerprint density at radius 1 is 0.786 bits per heavy atom. The van der Waals surface area contributed by atoms with Gasteiger partial charge in [0.25, 0.3) is 0 Å². The van der Waals surface area contributed by atoms with Gasteiger partial charge < -0.3 is 29.2 Å². The predicted molar refractivity (Wildman–Crippen MR) is 99.0 cm³/mol. The molecule has 0 aliphatic heterocycles. The highest BCUT2D eigenvalue weighted by Crippen LogP contribution is 2.27. The second-order valence-electron chi connectivity index (χ2n) is 5.44. The number of rotatable bonds is 8. The molecule has 0 radical (unpaired) electrons. The van der Waals surface area contributed by atoms with Crippen molar-refractivity contribution in [1.82, 2.24) is 0 Å². The third-order valence-corrected chi connectivity index (χ3v) is 3.62. The minimum Gasteiger partial charge on any atom is -0.504 e. The fourth-order valence-electron chi connectivity index (χ4n) is 2.16. The van der Waals surface area contributed by atoms with E-state index in [9.17, 15) is 19.8 Å². The molecule has 0 unspecified atom stereocenters. The highest BCUT2D eigenvalue weighted by molar-refractivity contribution is 5.90. The van der Waals surface area contributed by atoms with Crippen LogP contribution in [0.3, 0.4) is 0 Å². The van der Waals surface area contributed by atoms with Crippen molar-refractivity contribution in [1.29, 1.82) is 0 Å². The zero-order valence-electron chi connectivity index (χ0n) is 15.4. The molecule has 0 saturated carbocycles. The minimum absolute atomic E-state index is 0.0212. The summed E-state index contributed by atoms with van der Waals surface area (Å²) >= 11 is 0. The van der Waals surface area contributed by atoms with E-state index in [0.29, 0.717) is 0 Å². The zero-order chi connectivity index (χ0) is 20.5. The largest absolute Gasteiger partial charge is 0.504 e. The number of esters is 2. The molecule has 0 bridgehead atoms. The Balaban J connectivity index is 1.78. The maximum Gasteiger partial charge on any atom is 0.338 e. The number of phenols is 2. The van der Waals surface area contributed by atoms with Crippen molar-refractivity contribution in [2.24, 2.45) is 0 Å². The first-order chi connectivity index (χ1) is 13.5. The summed E-state index contributed by atoms with van der Waals surface area (Å²) in [4.78, 5) is 23.9. The van der Waals surface area contributed by atoms with Gasteiger partial charge in [-0.1, -0.05) is 0 Å². The van der Waals surface area contributed by atoms with Crippen LogP contribution in [0.4, 0.5) is 0 Å². The van der Waals surface area contributed by atoms with Crippen LogP contribution >= 0.6 is 0 Å². The zero-order valence-corrected chi connectivity index (χ0v) is 15.4. The summed E-state index contributed by atoms with van der Waals surface area (Å²) in [5.41, 5.74) is 0.464. The smallest absolute Gasteiger partial charge is 0.338 e. The van der Waals surface area contributed by atoms with Gasteiger partial charge in [0.1, 0.15) is 13.2 Å². The first-order valence-corrected chi connectivity index (χ1v) is 8.19. The van der Waals surface area contributed by atoms with Crippen LogP contribution in [0, 0.1) is 0 Å². The Hall–Kier alpha value is -3.68. The summed E-state index contributed by atoms with van der Waals surface area (Å²) in [6.45, 7) is -0.0424. The van der Waals surface area contributed by atoms with E-state index in [1.807, 2.05) is 0 Å². The topological polar surface area (TPSA) is 112 Å². The summed E-state index contributed by atoms with van der Waals surface area (Å²) in [6, 6.07) is 8.24. The molecule has 0 aliphatic carbocycles. The minimum atomic E-state index is -0.587. The van der Waals surface area contributed by atoms with Gasteiger partial charge in [-0.3, -0.25) is 0 Å². The van der Waals surface area contributed by atoms with Gasteiger partial charge in [0, 0.05) is 0 Å². The molecule has 2 rings (SSSR count). The Morgan fingerprint density at radius 3 is 1.54 bits per heavy atom. The van der Waals surface area contributed by atoms with Crippen molar-refractivity contribution in [3.63, 3.8) is 0 Å². The molecule has 0 aromatic heterocycles. The third kappa shape index (κ3) is 5.41.